The number of hydrogen-bond donors (Lipinski definition) is 0. The van der Waals surface area contributed by atoms with Gasteiger partial charge in [0.05, 0.1) is 0 Å². The van der Waals surface area contributed by atoms with E-state index in [-0.39, 0.29) is 0 Å². The lowest BCUT2D eigenvalue weighted by Crippen LogP contribution is -2.27. The van der Waals surface area contributed by atoms with Crippen LogP contribution in [0.4, 0.5) is 0 Å². The van der Waals surface area contributed by atoms with Crippen LogP contribution < -0.4 is 0 Å². The summed E-state index contributed by atoms with van der Waals surface area (Å²) < 4.78 is 0. The Morgan fingerprint density at radius 1 is 0.692 bits per heavy atom. The third kappa shape index (κ3) is 6.50. The second-order valence-corrected chi connectivity index (χ2v) is 17.0. The molecule has 13 heavy (non-hydrogen) atoms. The van der Waals surface area contributed by atoms with Gasteiger partial charge in [-0.3, -0.25) is 0 Å². The van der Waals surface area contributed by atoms with E-state index in [4.69, 9.17) is 0 Å². The lowest BCUT2D eigenvalue weighted by atomic mass is 10.6. The molecule has 0 bridgehead atoms. The van der Waals surface area contributed by atoms with Gasteiger partial charge in [0.25, 0.3) is 0 Å². The molecule has 80 valence electrons. The Bertz CT molecular complexity index is 123. The summed E-state index contributed by atoms with van der Waals surface area (Å²) >= 11 is 0. The predicted octanol–water partition coefficient (Wildman–Crippen LogP) is 4.83. The zero-order chi connectivity index (χ0) is 10.5. The highest BCUT2D eigenvalue weighted by atomic mass is 28.3. The third-order valence-electron chi connectivity index (χ3n) is 3.62. The van der Waals surface area contributed by atoms with E-state index >= 15 is 0 Å². The van der Waals surface area contributed by atoms with Gasteiger partial charge < -0.3 is 0 Å². The molecule has 2 heteroatoms. The molecule has 0 unspecified atom stereocenters. The molecule has 0 nitrogen and oxygen atoms in total. The molecule has 0 aliphatic carbocycles. The summed E-state index contributed by atoms with van der Waals surface area (Å²) in [6, 6.07) is 6.03. The summed E-state index contributed by atoms with van der Waals surface area (Å²) in [6.07, 6.45) is 1.51. The first-order valence-corrected chi connectivity index (χ1v) is 12.7. The van der Waals surface area contributed by atoms with Crippen molar-refractivity contribution in [1.29, 1.82) is 0 Å². The maximum absolute atomic E-state index is 2.54. The van der Waals surface area contributed by atoms with Gasteiger partial charge in [0.1, 0.15) is 0 Å². The van der Waals surface area contributed by atoms with Crippen molar-refractivity contribution in [2.24, 2.45) is 0 Å². The van der Waals surface area contributed by atoms with Crippen LogP contribution in [0.1, 0.15) is 20.3 Å². The molecule has 0 aliphatic rings. The standard InChI is InChI=1S/C11H28Si2/c1-7-12(3,4)10-9-11-13(5,6)8-2/h7-11H2,1-6H3. The topological polar surface area (TPSA) is 0 Å². The Morgan fingerprint density at radius 3 is 1.23 bits per heavy atom. The molecule has 0 saturated carbocycles. The van der Waals surface area contributed by atoms with Gasteiger partial charge in [0, 0.05) is 16.1 Å². The molecule has 0 heterocycles. The largest absolute Gasteiger partial charge is 0.0694 e. The quantitative estimate of drug-likeness (QED) is 0.558. The lowest BCUT2D eigenvalue weighted by molar-refractivity contribution is 0.991. The summed E-state index contributed by atoms with van der Waals surface area (Å²) in [6.45, 7) is 14.9. The predicted molar refractivity (Wildman–Crippen MR) is 70.2 cm³/mol. The Balaban J connectivity index is 3.68. The maximum Gasteiger partial charge on any atom is 0.0470 e. The van der Waals surface area contributed by atoms with Gasteiger partial charge in [-0.1, -0.05) is 70.6 Å². The number of rotatable bonds is 6. The van der Waals surface area contributed by atoms with E-state index < -0.39 is 16.1 Å². The second-order valence-electron chi connectivity index (χ2n) is 5.89. The molecule has 0 aromatic rings. The normalized spacial score (nSPS) is 13.4. The molecule has 0 aromatic carbocycles. The number of hydrogen-bond acceptors (Lipinski definition) is 0. The Hall–Kier alpha value is 0.434. The van der Waals surface area contributed by atoms with Gasteiger partial charge in [-0.25, -0.2) is 0 Å². The minimum absolute atomic E-state index is 0.768. The zero-order valence-corrected chi connectivity index (χ0v) is 12.5. The second kappa shape index (κ2) is 5.35. The molecule has 0 aliphatic heterocycles. The van der Waals surface area contributed by atoms with Crippen LogP contribution in [0.5, 0.6) is 0 Å². The van der Waals surface area contributed by atoms with Crippen LogP contribution in [0.3, 0.4) is 0 Å². The molecule has 0 atom stereocenters. The van der Waals surface area contributed by atoms with E-state index in [0.717, 1.165) is 0 Å². The van der Waals surface area contributed by atoms with Crippen molar-refractivity contribution in [3.05, 3.63) is 0 Å². The fraction of sp³-hybridized carbons (Fsp3) is 1.00. The van der Waals surface area contributed by atoms with Gasteiger partial charge in [-0.2, -0.15) is 0 Å². The molecular formula is C11H28Si2. The fourth-order valence-electron chi connectivity index (χ4n) is 1.40. The minimum atomic E-state index is -0.768. The van der Waals surface area contributed by atoms with Crippen LogP contribution in [-0.4, -0.2) is 16.1 Å². The Morgan fingerprint density at radius 2 is 1.00 bits per heavy atom. The average molecular weight is 217 g/mol. The van der Waals surface area contributed by atoms with Crippen LogP contribution in [0.25, 0.3) is 0 Å². The highest BCUT2D eigenvalue weighted by Crippen LogP contribution is 2.23. The van der Waals surface area contributed by atoms with Gasteiger partial charge >= 0.3 is 0 Å². The van der Waals surface area contributed by atoms with Crippen molar-refractivity contribution in [3.8, 4) is 0 Å². The molecule has 0 fully saturated rings. The van der Waals surface area contributed by atoms with E-state index in [2.05, 4.69) is 40.0 Å². The summed E-state index contributed by atoms with van der Waals surface area (Å²) in [4.78, 5) is 0. The summed E-state index contributed by atoms with van der Waals surface area (Å²) in [5, 5.41) is 0. The average Bonchev–Trinajstić information content (AvgIpc) is 2.04. The summed E-state index contributed by atoms with van der Waals surface area (Å²) in [5.41, 5.74) is 0. The monoisotopic (exact) mass is 216 g/mol. The van der Waals surface area contributed by atoms with E-state index in [9.17, 15) is 0 Å². The minimum Gasteiger partial charge on any atom is -0.0694 e. The maximum atomic E-state index is 2.54. The first-order chi connectivity index (χ1) is 5.83. The van der Waals surface area contributed by atoms with Crippen LogP contribution in [0, 0.1) is 0 Å². The Kier molecular flexibility index (Phi) is 5.53. The van der Waals surface area contributed by atoms with E-state index in [1.165, 1.54) is 18.5 Å². The SMILES string of the molecule is CC[Si](C)(C)CCC[Si](C)(C)CC. The molecule has 0 amide bonds. The summed E-state index contributed by atoms with van der Waals surface area (Å²) in [5.74, 6) is 0. The van der Waals surface area contributed by atoms with Crippen LogP contribution in [0.2, 0.25) is 50.4 Å². The van der Waals surface area contributed by atoms with Crippen LogP contribution in [0.15, 0.2) is 0 Å². The van der Waals surface area contributed by atoms with Crippen molar-refractivity contribution >= 4 is 16.1 Å². The molecule has 0 aromatic heterocycles. The van der Waals surface area contributed by atoms with Gasteiger partial charge in [-0.05, 0) is 0 Å². The molecule has 0 saturated heterocycles. The van der Waals surface area contributed by atoms with Crippen molar-refractivity contribution in [2.45, 2.75) is 70.6 Å². The van der Waals surface area contributed by atoms with Crippen molar-refractivity contribution in [1.82, 2.24) is 0 Å². The Labute approximate surface area is 87.2 Å². The zero-order valence-electron chi connectivity index (χ0n) is 10.5. The highest BCUT2D eigenvalue weighted by molar-refractivity contribution is 6.78. The molecule has 0 spiro atoms. The van der Waals surface area contributed by atoms with Gasteiger partial charge in [0.15, 0.2) is 0 Å². The van der Waals surface area contributed by atoms with Crippen LogP contribution >= 0.6 is 0 Å². The fourth-order valence-corrected chi connectivity index (χ4v) is 4.73. The third-order valence-corrected chi connectivity index (χ3v) is 10.9. The first kappa shape index (κ1) is 13.4. The van der Waals surface area contributed by atoms with Gasteiger partial charge in [0.2, 0.25) is 0 Å². The van der Waals surface area contributed by atoms with E-state index in [1.807, 2.05) is 0 Å². The van der Waals surface area contributed by atoms with E-state index in [1.54, 1.807) is 12.1 Å². The highest BCUT2D eigenvalue weighted by Gasteiger charge is 2.21. The molecule has 0 radical (unpaired) electrons. The summed E-state index contributed by atoms with van der Waals surface area (Å²) in [7, 11) is -1.54. The lowest BCUT2D eigenvalue weighted by Gasteiger charge is -2.24. The molecular weight excluding hydrogens is 188 g/mol. The van der Waals surface area contributed by atoms with Crippen LogP contribution in [-0.2, 0) is 0 Å². The molecule has 0 N–H and O–H groups in total. The van der Waals surface area contributed by atoms with Crippen molar-refractivity contribution < 1.29 is 0 Å². The van der Waals surface area contributed by atoms with Crippen molar-refractivity contribution in [3.63, 3.8) is 0 Å². The first-order valence-electron chi connectivity index (χ1n) is 5.83. The van der Waals surface area contributed by atoms with E-state index in [0.29, 0.717) is 0 Å². The van der Waals surface area contributed by atoms with Gasteiger partial charge in [-0.15, -0.1) is 0 Å². The smallest absolute Gasteiger partial charge is 0.0470 e. The van der Waals surface area contributed by atoms with Crippen molar-refractivity contribution in [2.75, 3.05) is 0 Å². The molecule has 0 rings (SSSR count).